The van der Waals surface area contributed by atoms with Gasteiger partial charge in [0.25, 0.3) is 5.91 Å². The van der Waals surface area contributed by atoms with E-state index in [2.05, 4.69) is 21.2 Å². The minimum atomic E-state index is -0.183. The van der Waals surface area contributed by atoms with Gasteiger partial charge in [0, 0.05) is 10.2 Å². The Balaban J connectivity index is 1.90. The molecule has 0 radical (unpaired) electrons. The number of hydrogen-bond donors (Lipinski definition) is 1. The maximum atomic E-state index is 12.5. The quantitative estimate of drug-likeness (QED) is 0.876. The summed E-state index contributed by atoms with van der Waals surface area (Å²) >= 11 is 3.43. The van der Waals surface area contributed by atoms with Crippen LogP contribution in [-0.4, -0.2) is 19.1 Å². The third-order valence-electron chi connectivity index (χ3n) is 3.52. The number of carbonyl (C=O) groups excluding carboxylic acids is 1. The molecule has 0 atom stereocenters. The van der Waals surface area contributed by atoms with E-state index in [9.17, 15) is 4.79 Å². The minimum absolute atomic E-state index is 0.183. The SMILES string of the molecule is Cc1ccc(C)c(NC(=O)c2cc3c(cc2Br)OCCO3)c1. The van der Waals surface area contributed by atoms with Gasteiger partial charge in [-0.2, -0.15) is 0 Å². The van der Waals surface area contributed by atoms with Gasteiger partial charge >= 0.3 is 0 Å². The Morgan fingerprint density at radius 2 is 1.77 bits per heavy atom. The van der Waals surface area contributed by atoms with Gasteiger partial charge in [-0.25, -0.2) is 0 Å². The van der Waals surface area contributed by atoms with Crippen LogP contribution < -0.4 is 14.8 Å². The summed E-state index contributed by atoms with van der Waals surface area (Å²) in [5.74, 6) is 1.07. The fraction of sp³-hybridized carbons (Fsp3) is 0.235. The van der Waals surface area contributed by atoms with Crippen molar-refractivity contribution >= 4 is 27.5 Å². The number of anilines is 1. The number of halogens is 1. The predicted octanol–water partition coefficient (Wildman–Crippen LogP) is 4.09. The van der Waals surface area contributed by atoms with Crippen molar-refractivity contribution in [2.45, 2.75) is 13.8 Å². The molecular formula is C17H16BrNO3. The summed E-state index contributed by atoms with van der Waals surface area (Å²) in [4.78, 5) is 12.5. The number of hydrogen-bond acceptors (Lipinski definition) is 3. The normalized spacial score (nSPS) is 12.9. The number of fused-ring (bicyclic) bond motifs is 1. The van der Waals surface area contributed by atoms with Gasteiger partial charge in [-0.05, 0) is 59.1 Å². The van der Waals surface area contributed by atoms with Crippen LogP contribution in [0, 0.1) is 13.8 Å². The molecule has 1 aliphatic heterocycles. The van der Waals surface area contributed by atoms with Crippen LogP contribution >= 0.6 is 15.9 Å². The molecule has 1 N–H and O–H groups in total. The molecule has 1 aliphatic rings. The minimum Gasteiger partial charge on any atom is -0.486 e. The van der Waals surface area contributed by atoms with E-state index in [1.165, 1.54) is 0 Å². The van der Waals surface area contributed by atoms with Crippen LogP contribution in [0.3, 0.4) is 0 Å². The van der Waals surface area contributed by atoms with Crippen LogP contribution in [-0.2, 0) is 0 Å². The van der Waals surface area contributed by atoms with Gasteiger partial charge in [-0.15, -0.1) is 0 Å². The highest BCUT2D eigenvalue weighted by molar-refractivity contribution is 9.10. The van der Waals surface area contributed by atoms with Crippen molar-refractivity contribution < 1.29 is 14.3 Å². The summed E-state index contributed by atoms with van der Waals surface area (Å²) < 4.78 is 11.7. The molecule has 1 amide bonds. The van der Waals surface area contributed by atoms with Gasteiger partial charge < -0.3 is 14.8 Å². The summed E-state index contributed by atoms with van der Waals surface area (Å²) in [6.45, 7) is 4.98. The average Bonchev–Trinajstić information content (AvgIpc) is 2.50. The lowest BCUT2D eigenvalue weighted by Gasteiger charge is -2.20. The van der Waals surface area contributed by atoms with Crippen LogP contribution in [0.4, 0.5) is 5.69 Å². The molecule has 0 aromatic heterocycles. The predicted molar refractivity (Wildman–Crippen MR) is 89.0 cm³/mol. The third kappa shape index (κ3) is 2.95. The summed E-state index contributed by atoms with van der Waals surface area (Å²) in [5.41, 5.74) is 3.45. The molecule has 0 unspecified atom stereocenters. The number of benzene rings is 2. The fourth-order valence-electron chi connectivity index (χ4n) is 2.30. The smallest absolute Gasteiger partial charge is 0.256 e. The van der Waals surface area contributed by atoms with Crippen molar-refractivity contribution in [2.24, 2.45) is 0 Å². The number of rotatable bonds is 2. The Bertz CT molecular complexity index is 743. The first-order valence-corrected chi connectivity index (χ1v) is 7.81. The largest absolute Gasteiger partial charge is 0.486 e. The number of carbonyl (C=O) groups is 1. The molecule has 0 fully saturated rings. The summed E-state index contributed by atoms with van der Waals surface area (Å²) in [6, 6.07) is 9.44. The van der Waals surface area contributed by atoms with Gasteiger partial charge in [-0.1, -0.05) is 12.1 Å². The molecule has 1 heterocycles. The standard InChI is InChI=1S/C17H16BrNO3/c1-10-3-4-11(2)14(7-10)19-17(20)12-8-15-16(9-13(12)18)22-6-5-21-15/h3-4,7-9H,5-6H2,1-2H3,(H,19,20). The molecule has 22 heavy (non-hydrogen) atoms. The topological polar surface area (TPSA) is 47.6 Å². The fourth-order valence-corrected chi connectivity index (χ4v) is 2.80. The van der Waals surface area contributed by atoms with Crippen LogP contribution in [0.15, 0.2) is 34.8 Å². The first-order valence-electron chi connectivity index (χ1n) is 7.02. The average molecular weight is 362 g/mol. The van der Waals surface area contributed by atoms with E-state index in [4.69, 9.17) is 9.47 Å². The molecule has 4 nitrogen and oxygen atoms in total. The molecule has 0 saturated heterocycles. The lowest BCUT2D eigenvalue weighted by Crippen LogP contribution is -2.18. The van der Waals surface area contributed by atoms with E-state index < -0.39 is 0 Å². The lowest BCUT2D eigenvalue weighted by atomic mass is 10.1. The monoisotopic (exact) mass is 361 g/mol. The Labute approximate surface area is 137 Å². The zero-order valence-electron chi connectivity index (χ0n) is 12.4. The van der Waals surface area contributed by atoms with E-state index in [-0.39, 0.29) is 5.91 Å². The molecule has 0 aliphatic carbocycles. The van der Waals surface area contributed by atoms with E-state index in [0.29, 0.717) is 34.7 Å². The van der Waals surface area contributed by atoms with E-state index >= 15 is 0 Å². The van der Waals surface area contributed by atoms with Gasteiger partial charge in [0.1, 0.15) is 13.2 Å². The Kier molecular flexibility index (Phi) is 4.07. The number of aryl methyl sites for hydroxylation is 2. The van der Waals surface area contributed by atoms with Gasteiger partial charge in [0.05, 0.1) is 5.56 Å². The van der Waals surface area contributed by atoms with Crippen LogP contribution in [0.1, 0.15) is 21.5 Å². The van der Waals surface area contributed by atoms with Crippen molar-refractivity contribution in [3.05, 3.63) is 51.5 Å². The Morgan fingerprint density at radius 1 is 1.09 bits per heavy atom. The van der Waals surface area contributed by atoms with Crippen LogP contribution in [0.2, 0.25) is 0 Å². The number of ether oxygens (including phenoxy) is 2. The first-order chi connectivity index (χ1) is 10.5. The molecule has 0 bridgehead atoms. The molecule has 0 spiro atoms. The van der Waals surface area contributed by atoms with Crippen LogP contribution in [0.5, 0.6) is 11.5 Å². The first kappa shape index (κ1) is 14.9. The van der Waals surface area contributed by atoms with E-state index in [1.54, 1.807) is 12.1 Å². The molecule has 2 aromatic carbocycles. The summed E-state index contributed by atoms with van der Waals surface area (Å²) in [6.07, 6.45) is 0. The zero-order valence-corrected chi connectivity index (χ0v) is 14.0. The maximum absolute atomic E-state index is 12.5. The molecule has 114 valence electrons. The molecule has 3 rings (SSSR count). The highest BCUT2D eigenvalue weighted by atomic mass is 79.9. The van der Waals surface area contributed by atoms with Crippen molar-refractivity contribution in [1.82, 2.24) is 0 Å². The third-order valence-corrected chi connectivity index (χ3v) is 4.17. The lowest BCUT2D eigenvalue weighted by molar-refractivity contribution is 0.102. The highest BCUT2D eigenvalue weighted by Crippen LogP contribution is 2.35. The van der Waals surface area contributed by atoms with E-state index in [1.807, 2.05) is 32.0 Å². The number of amides is 1. The van der Waals surface area contributed by atoms with Crippen molar-refractivity contribution in [1.29, 1.82) is 0 Å². The van der Waals surface area contributed by atoms with Gasteiger partial charge in [0.15, 0.2) is 11.5 Å². The van der Waals surface area contributed by atoms with Crippen molar-refractivity contribution in [2.75, 3.05) is 18.5 Å². The van der Waals surface area contributed by atoms with Crippen molar-refractivity contribution in [3.8, 4) is 11.5 Å². The number of nitrogens with one attached hydrogen (secondary N) is 1. The second-order valence-electron chi connectivity index (χ2n) is 5.25. The second-order valence-corrected chi connectivity index (χ2v) is 6.10. The van der Waals surface area contributed by atoms with Gasteiger partial charge in [0.2, 0.25) is 0 Å². The maximum Gasteiger partial charge on any atom is 0.256 e. The molecular weight excluding hydrogens is 346 g/mol. The van der Waals surface area contributed by atoms with Crippen LogP contribution in [0.25, 0.3) is 0 Å². The summed E-state index contributed by atoms with van der Waals surface area (Å²) in [5, 5.41) is 2.95. The summed E-state index contributed by atoms with van der Waals surface area (Å²) in [7, 11) is 0. The second kappa shape index (κ2) is 6.01. The molecule has 0 saturated carbocycles. The van der Waals surface area contributed by atoms with Crippen molar-refractivity contribution in [3.63, 3.8) is 0 Å². The Morgan fingerprint density at radius 3 is 2.50 bits per heavy atom. The molecule has 5 heteroatoms. The highest BCUT2D eigenvalue weighted by Gasteiger charge is 2.19. The Hall–Kier alpha value is -2.01. The zero-order chi connectivity index (χ0) is 15.7. The van der Waals surface area contributed by atoms with E-state index in [0.717, 1.165) is 16.8 Å². The van der Waals surface area contributed by atoms with Gasteiger partial charge in [-0.3, -0.25) is 4.79 Å². The molecule has 2 aromatic rings.